The van der Waals surface area contributed by atoms with Crippen LogP contribution < -0.4 is 5.32 Å². The first-order valence-corrected chi connectivity index (χ1v) is 9.49. The van der Waals surface area contributed by atoms with Crippen LogP contribution in [0.15, 0.2) is 53.4 Å². The monoisotopic (exact) mass is 373 g/mol. The van der Waals surface area contributed by atoms with Crippen molar-refractivity contribution in [1.29, 1.82) is 0 Å². The summed E-state index contributed by atoms with van der Waals surface area (Å²) in [6.07, 6.45) is 1.09. The van der Waals surface area contributed by atoms with Crippen LogP contribution in [-0.4, -0.2) is 24.0 Å². The number of hydrogen-bond donors (Lipinski definition) is 1. The number of halogens is 1. The predicted octanol–water partition coefficient (Wildman–Crippen LogP) is 3.94. The van der Waals surface area contributed by atoms with Gasteiger partial charge in [0.25, 0.3) is 5.91 Å². The Kier molecular flexibility index (Phi) is 5.93. The molecule has 0 radical (unpaired) electrons. The summed E-state index contributed by atoms with van der Waals surface area (Å²) < 4.78 is 19.1. The molecule has 2 aromatic rings. The van der Waals surface area contributed by atoms with Crippen molar-refractivity contribution in [2.45, 2.75) is 42.6 Å². The lowest BCUT2D eigenvalue weighted by Gasteiger charge is -2.14. The molecule has 1 aliphatic carbocycles. The zero-order valence-electron chi connectivity index (χ0n) is 14.4. The van der Waals surface area contributed by atoms with Crippen LogP contribution in [0.2, 0.25) is 0 Å². The van der Waals surface area contributed by atoms with E-state index >= 15 is 0 Å². The highest BCUT2D eigenvalue weighted by molar-refractivity contribution is 7.98. The normalized spacial score (nSPS) is 14.5. The van der Waals surface area contributed by atoms with Crippen molar-refractivity contribution in [3.05, 3.63) is 65.5 Å². The quantitative estimate of drug-likeness (QED) is 0.590. The molecule has 6 heteroatoms. The molecule has 1 amide bonds. The molecule has 0 aromatic heterocycles. The number of carbonyl (C=O) groups excluding carboxylic acids is 2. The number of amides is 1. The van der Waals surface area contributed by atoms with E-state index in [4.69, 9.17) is 4.74 Å². The van der Waals surface area contributed by atoms with Crippen LogP contribution in [0, 0.1) is 5.82 Å². The van der Waals surface area contributed by atoms with Gasteiger partial charge in [0.05, 0.1) is 5.56 Å². The zero-order chi connectivity index (χ0) is 18.5. The number of hydrogen-bond acceptors (Lipinski definition) is 4. The van der Waals surface area contributed by atoms with Gasteiger partial charge in [0, 0.05) is 16.7 Å². The molecule has 2 aromatic carbocycles. The molecular formula is C20H20FNO3S. The Labute approximate surface area is 156 Å². The van der Waals surface area contributed by atoms with Crippen molar-refractivity contribution in [3.8, 4) is 0 Å². The maximum absolute atomic E-state index is 13.8. The third-order valence-corrected chi connectivity index (χ3v) is 5.15. The fraction of sp³-hybridized carbons (Fsp3) is 0.300. The molecule has 0 unspecified atom stereocenters. The molecular weight excluding hydrogens is 353 g/mol. The summed E-state index contributed by atoms with van der Waals surface area (Å²) in [6.45, 7) is 1.56. The fourth-order valence-electron chi connectivity index (χ4n) is 2.36. The molecule has 0 heterocycles. The summed E-state index contributed by atoms with van der Waals surface area (Å²) in [6, 6.07) is 13.7. The van der Waals surface area contributed by atoms with E-state index in [0.29, 0.717) is 21.8 Å². The fourth-order valence-corrected chi connectivity index (χ4v) is 3.38. The van der Waals surface area contributed by atoms with Crippen molar-refractivity contribution in [1.82, 2.24) is 5.32 Å². The summed E-state index contributed by atoms with van der Waals surface area (Å²) in [4.78, 5) is 25.1. The summed E-state index contributed by atoms with van der Waals surface area (Å²) in [5.41, 5.74) is 0.942. The predicted molar refractivity (Wildman–Crippen MR) is 98.4 cm³/mol. The van der Waals surface area contributed by atoms with Crippen LogP contribution in [0.5, 0.6) is 0 Å². The highest BCUT2D eigenvalue weighted by Gasteiger charge is 2.27. The molecule has 1 saturated carbocycles. The molecule has 1 fully saturated rings. The average Bonchev–Trinajstić information content (AvgIpc) is 3.45. The second kappa shape index (κ2) is 8.36. The number of ether oxygens (including phenoxy) is 1. The van der Waals surface area contributed by atoms with Gasteiger partial charge >= 0.3 is 5.97 Å². The second-order valence-corrected chi connectivity index (χ2v) is 7.22. The van der Waals surface area contributed by atoms with E-state index in [1.165, 1.54) is 17.8 Å². The molecule has 0 aliphatic heterocycles. The van der Waals surface area contributed by atoms with E-state index in [1.807, 2.05) is 6.07 Å². The van der Waals surface area contributed by atoms with E-state index in [2.05, 4.69) is 5.32 Å². The minimum Gasteiger partial charge on any atom is -0.449 e. The van der Waals surface area contributed by atoms with Gasteiger partial charge in [-0.2, -0.15) is 0 Å². The molecule has 0 spiro atoms. The summed E-state index contributed by atoms with van der Waals surface area (Å²) in [5.74, 6) is -0.711. The van der Waals surface area contributed by atoms with Gasteiger partial charge in [-0.25, -0.2) is 9.18 Å². The van der Waals surface area contributed by atoms with Crippen molar-refractivity contribution in [2.24, 2.45) is 0 Å². The summed E-state index contributed by atoms with van der Waals surface area (Å²) >= 11 is 1.36. The third kappa shape index (κ3) is 4.85. The highest BCUT2D eigenvalue weighted by Crippen LogP contribution is 2.28. The lowest BCUT2D eigenvalue weighted by atomic mass is 10.2. The number of thioether (sulfide) groups is 1. The average molecular weight is 373 g/mol. The number of carbonyl (C=O) groups is 2. The largest absolute Gasteiger partial charge is 0.449 e. The van der Waals surface area contributed by atoms with Crippen molar-refractivity contribution < 1.29 is 18.7 Å². The highest BCUT2D eigenvalue weighted by atomic mass is 32.2. The Morgan fingerprint density at radius 2 is 1.88 bits per heavy atom. The van der Waals surface area contributed by atoms with Gasteiger partial charge in [-0.15, -0.1) is 11.8 Å². The van der Waals surface area contributed by atoms with Crippen LogP contribution >= 0.6 is 11.8 Å². The number of rotatable bonds is 7. The minimum atomic E-state index is -0.854. The second-order valence-electron chi connectivity index (χ2n) is 6.21. The van der Waals surface area contributed by atoms with Gasteiger partial charge in [-0.1, -0.05) is 30.3 Å². The number of esters is 1. The molecule has 1 atom stereocenters. The van der Waals surface area contributed by atoms with Crippen LogP contribution in [0.4, 0.5) is 4.39 Å². The Morgan fingerprint density at radius 3 is 2.62 bits per heavy atom. The molecule has 1 N–H and O–H groups in total. The molecule has 0 bridgehead atoms. The minimum absolute atomic E-state index is 0.215. The first-order chi connectivity index (χ1) is 12.5. The molecule has 1 aliphatic rings. The molecule has 4 nitrogen and oxygen atoms in total. The van der Waals surface area contributed by atoms with Crippen LogP contribution in [-0.2, 0) is 15.3 Å². The number of benzene rings is 2. The van der Waals surface area contributed by atoms with Crippen LogP contribution in [0.1, 0.15) is 35.7 Å². The van der Waals surface area contributed by atoms with Crippen molar-refractivity contribution in [2.75, 3.05) is 0 Å². The Bertz CT molecular complexity index is 807. The molecule has 0 saturated heterocycles. The Hall–Kier alpha value is -2.34. The standard InChI is InChI=1S/C20H20FNO3S/c1-13(19(23)22-15-10-11-15)25-20(24)16-7-3-5-9-18(16)26-12-14-6-2-4-8-17(14)21/h2-9,13,15H,10-12H2,1H3,(H,22,23)/t13-/m0/s1. The van der Waals surface area contributed by atoms with Gasteiger partial charge in [0.2, 0.25) is 0 Å². The molecule has 26 heavy (non-hydrogen) atoms. The van der Waals surface area contributed by atoms with E-state index < -0.39 is 12.1 Å². The summed E-state index contributed by atoms with van der Waals surface area (Å²) in [7, 11) is 0. The first kappa shape index (κ1) is 18.5. The van der Waals surface area contributed by atoms with Gasteiger partial charge in [0.15, 0.2) is 6.10 Å². The van der Waals surface area contributed by atoms with Crippen molar-refractivity contribution >= 4 is 23.6 Å². The third-order valence-electron chi connectivity index (χ3n) is 4.02. The summed E-state index contributed by atoms with van der Waals surface area (Å²) in [5, 5.41) is 2.81. The van der Waals surface area contributed by atoms with Gasteiger partial charge in [-0.3, -0.25) is 4.79 Å². The van der Waals surface area contributed by atoms with Gasteiger partial charge in [0.1, 0.15) is 5.82 Å². The molecule has 3 rings (SSSR count). The van der Waals surface area contributed by atoms with Crippen molar-refractivity contribution in [3.63, 3.8) is 0 Å². The Balaban J connectivity index is 1.64. The van der Waals surface area contributed by atoms with Crippen LogP contribution in [0.3, 0.4) is 0 Å². The number of nitrogens with one attached hydrogen (secondary N) is 1. The zero-order valence-corrected chi connectivity index (χ0v) is 15.2. The topological polar surface area (TPSA) is 55.4 Å². The van der Waals surface area contributed by atoms with E-state index in [9.17, 15) is 14.0 Å². The SMILES string of the molecule is C[C@H](OC(=O)c1ccccc1SCc1ccccc1F)C(=O)NC1CC1. The first-order valence-electron chi connectivity index (χ1n) is 8.51. The maximum atomic E-state index is 13.8. The van der Waals surface area contributed by atoms with Gasteiger partial charge < -0.3 is 10.1 Å². The molecule has 136 valence electrons. The maximum Gasteiger partial charge on any atom is 0.340 e. The van der Waals surface area contributed by atoms with Crippen LogP contribution in [0.25, 0.3) is 0 Å². The lowest BCUT2D eigenvalue weighted by Crippen LogP contribution is -2.37. The lowest BCUT2D eigenvalue weighted by molar-refractivity contribution is -0.129. The van der Waals surface area contributed by atoms with E-state index in [-0.39, 0.29) is 17.8 Å². The Morgan fingerprint density at radius 1 is 1.19 bits per heavy atom. The smallest absolute Gasteiger partial charge is 0.340 e. The van der Waals surface area contributed by atoms with E-state index in [0.717, 1.165) is 12.8 Å². The van der Waals surface area contributed by atoms with E-state index in [1.54, 1.807) is 43.3 Å². The van der Waals surface area contributed by atoms with Gasteiger partial charge in [-0.05, 0) is 43.5 Å².